The van der Waals surface area contributed by atoms with Gasteiger partial charge in [0, 0.05) is 5.39 Å². The number of carboxylic acid groups (broad SMARTS) is 1. The third kappa shape index (κ3) is 2.25. The summed E-state index contributed by atoms with van der Waals surface area (Å²) in [5, 5.41) is 14.1. The van der Waals surface area contributed by atoms with Gasteiger partial charge in [0.1, 0.15) is 0 Å². The van der Waals surface area contributed by atoms with Gasteiger partial charge in [-0.1, -0.05) is 29.8 Å². The Labute approximate surface area is 115 Å². The first-order chi connectivity index (χ1) is 9.63. The van der Waals surface area contributed by atoms with Crippen LogP contribution in [0.5, 0.6) is 0 Å². The molecule has 0 fully saturated rings. The molecule has 20 heavy (non-hydrogen) atoms. The minimum atomic E-state index is -1.03. The number of benzene rings is 1. The normalized spacial score (nSPS) is 10.8. The van der Waals surface area contributed by atoms with Crippen molar-refractivity contribution < 1.29 is 9.90 Å². The fraction of sp³-hybridized carbons (Fsp3) is 0.133. The fourth-order valence-corrected chi connectivity index (χ4v) is 2.05. The Hall–Kier alpha value is -2.69. The first kappa shape index (κ1) is 12.3. The van der Waals surface area contributed by atoms with Crippen LogP contribution in [0.4, 0.5) is 0 Å². The fourth-order valence-electron chi connectivity index (χ4n) is 2.05. The molecule has 0 radical (unpaired) electrons. The molecule has 0 atom stereocenters. The van der Waals surface area contributed by atoms with Gasteiger partial charge >= 0.3 is 5.97 Å². The van der Waals surface area contributed by atoms with Gasteiger partial charge in [0.2, 0.25) is 0 Å². The molecule has 0 aliphatic rings. The van der Waals surface area contributed by atoms with E-state index in [0.29, 0.717) is 12.2 Å². The third-order valence-corrected chi connectivity index (χ3v) is 3.16. The quantitative estimate of drug-likeness (QED) is 0.791. The summed E-state index contributed by atoms with van der Waals surface area (Å²) in [6, 6.07) is 11.4. The lowest BCUT2D eigenvalue weighted by Crippen LogP contribution is -2.05. The molecule has 1 aromatic carbocycles. The Bertz CT molecular complexity index is 775. The maximum absolute atomic E-state index is 11.0. The van der Waals surface area contributed by atoms with Crippen molar-refractivity contribution in [1.82, 2.24) is 14.8 Å². The largest absolute Gasteiger partial charge is 0.477 e. The molecule has 0 bridgehead atoms. The second-order valence-electron chi connectivity index (χ2n) is 4.70. The van der Waals surface area contributed by atoms with Crippen LogP contribution >= 0.6 is 0 Å². The van der Waals surface area contributed by atoms with Crippen molar-refractivity contribution in [2.45, 2.75) is 13.5 Å². The lowest BCUT2D eigenvalue weighted by atomic mass is 10.1. The number of hydrogen-bond acceptors (Lipinski definition) is 3. The highest BCUT2D eigenvalue weighted by Gasteiger charge is 2.10. The second kappa shape index (κ2) is 4.77. The number of rotatable bonds is 3. The number of hydrogen-bond donors (Lipinski definition) is 1. The average molecular weight is 267 g/mol. The minimum Gasteiger partial charge on any atom is -0.477 e. The van der Waals surface area contributed by atoms with Crippen molar-refractivity contribution >= 4 is 17.0 Å². The predicted molar refractivity (Wildman–Crippen MR) is 74.8 cm³/mol. The summed E-state index contributed by atoms with van der Waals surface area (Å²) < 4.78 is 1.71. The molecule has 0 saturated carbocycles. The van der Waals surface area contributed by atoms with E-state index >= 15 is 0 Å². The van der Waals surface area contributed by atoms with Crippen LogP contribution in [0.1, 0.15) is 21.6 Å². The number of aromatic carboxylic acids is 1. The SMILES string of the molecule is Cc1ccc(Cn2ncc3ccc(C(=O)O)nc32)cc1. The van der Waals surface area contributed by atoms with E-state index < -0.39 is 5.97 Å². The molecule has 5 heteroatoms. The van der Waals surface area contributed by atoms with Crippen LogP contribution in [-0.4, -0.2) is 25.8 Å². The van der Waals surface area contributed by atoms with Gasteiger partial charge in [0.05, 0.1) is 12.7 Å². The molecule has 3 rings (SSSR count). The summed E-state index contributed by atoms with van der Waals surface area (Å²) in [6.45, 7) is 2.60. The van der Waals surface area contributed by atoms with Gasteiger partial charge in [-0.25, -0.2) is 14.5 Å². The van der Waals surface area contributed by atoms with Gasteiger partial charge in [0.15, 0.2) is 11.3 Å². The number of carboxylic acids is 1. The average Bonchev–Trinajstić information content (AvgIpc) is 2.84. The van der Waals surface area contributed by atoms with Gasteiger partial charge in [0.25, 0.3) is 0 Å². The Morgan fingerprint density at radius 1 is 1.20 bits per heavy atom. The topological polar surface area (TPSA) is 68.0 Å². The highest BCUT2D eigenvalue weighted by molar-refractivity contribution is 5.88. The molecule has 0 saturated heterocycles. The number of nitrogens with zero attached hydrogens (tertiary/aromatic N) is 3. The van der Waals surface area contributed by atoms with E-state index in [-0.39, 0.29) is 5.69 Å². The minimum absolute atomic E-state index is 0.0307. The summed E-state index contributed by atoms with van der Waals surface area (Å²) in [5.41, 5.74) is 2.92. The molecule has 2 heterocycles. The van der Waals surface area contributed by atoms with Gasteiger partial charge in [-0.3, -0.25) is 0 Å². The smallest absolute Gasteiger partial charge is 0.354 e. The lowest BCUT2D eigenvalue weighted by Gasteiger charge is -2.04. The van der Waals surface area contributed by atoms with Gasteiger partial charge in [-0.15, -0.1) is 0 Å². The summed E-state index contributed by atoms with van der Waals surface area (Å²) >= 11 is 0. The molecule has 5 nitrogen and oxygen atoms in total. The molecule has 1 N–H and O–H groups in total. The molecule has 0 unspecified atom stereocenters. The highest BCUT2D eigenvalue weighted by atomic mass is 16.4. The Balaban J connectivity index is 2.00. The van der Waals surface area contributed by atoms with Crippen LogP contribution in [0.25, 0.3) is 11.0 Å². The number of fused-ring (bicyclic) bond motifs is 1. The molecule has 0 spiro atoms. The van der Waals surface area contributed by atoms with Crippen molar-refractivity contribution in [3.8, 4) is 0 Å². The van der Waals surface area contributed by atoms with E-state index in [4.69, 9.17) is 5.11 Å². The third-order valence-electron chi connectivity index (χ3n) is 3.16. The molecule has 0 aliphatic heterocycles. The Morgan fingerprint density at radius 3 is 2.65 bits per heavy atom. The summed E-state index contributed by atoms with van der Waals surface area (Å²) in [7, 11) is 0. The molecule has 100 valence electrons. The maximum Gasteiger partial charge on any atom is 0.354 e. The van der Waals surface area contributed by atoms with Crippen LogP contribution in [0.3, 0.4) is 0 Å². The summed E-state index contributed by atoms with van der Waals surface area (Å²) in [5.74, 6) is -1.03. The molecular weight excluding hydrogens is 254 g/mol. The Kier molecular flexibility index (Phi) is 2.95. The van der Waals surface area contributed by atoms with E-state index in [1.165, 1.54) is 11.6 Å². The molecule has 0 aliphatic carbocycles. The zero-order chi connectivity index (χ0) is 14.1. The monoisotopic (exact) mass is 267 g/mol. The van der Waals surface area contributed by atoms with Crippen LogP contribution in [0.2, 0.25) is 0 Å². The highest BCUT2D eigenvalue weighted by Crippen LogP contribution is 2.14. The van der Waals surface area contributed by atoms with Gasteiger partial charge in [-0.05, 0) is 24.6 Å². The van der Waals surface area contributed by atoms with E-state index in [0.717, 1.165) is 10.9 Å². The van der Waals surface area contributed by atoms with Crippen LogP contribution in [0.15, 0.2) is 42.6 Å². The first-order valence-electron chi connectivity index (χ1n) is 6.25. The van der Waals surface area contributed by atoms with Crippen molar-refractivity contribution in [2.24, 2.45) is 0 Å². The van der Waals surface area contributed by atoms with Crippen molar-refractivity contribution in [2.75, 3.05) is 0 Å². The van der Waals surface area contributed by atoms with Crippen LogP contribution in [0, 0.1) is 6.92 Å². The molecule has 2 aromatic heterocycles. The summed E-state index contributed by atoms with van der Waals surface area (Å²) in [4.78, 5) is 15.1. The van der Waals surface area contributed by atoms with Crippen molar-refractivity contribution in [3.63, 3.8) is 0 Å². The standard InChI is InChI=1S/C15H13N3O2/c1-10-2-4-11(5-3-10)9-18-14-12(8-16-18)6-7-13(17-14)15(19)20/h2-8H,9H2,1H3,(H,19,20). The van der Waals surface area contributed by atoms with Crippen molar-refractivity contribution in [3.05, 3.63) is 59.4 Å². The van der Waals surface area contributed by atoms with Gasteiger partial charge < -0.3 is 5.11 Å². The number of aromatic nitrogens is 3. The first-order valence-corrected chi connectivity index (χ1v) is 6.25. The molecule has 3 aromatic rings. The Morgan fingerprint density at radius 2 is 1.95 bits per heavy atom. The van der Waals surface area contributed by atoms with Crippen LogP contribution < -0.4 is 0 Å². The van der Waals surface area contributed by atoms with Crippen LogP contribution in [-0.2, 0) is 6.54 Å². The number of carbonyl (C=O) groups is 1. The molecular formula is C15H13N3O2. The van der Waals surface area contributed by atoms with Gasteiger partial charge in [-0.2, -0.15) is 5.10 Å². The van der Waals surface area contributed by atoms with E-state index in [1.54, 1.807) is 16.9 Å². The van der Waals surface area contributed by atoms with E-state index in [9.17, 15) is 4.79 Å². The predicted octanol–water partition coefficient (Wildman–Crippen LogP) is 2.49. The zero-order valence-electron chi connectivity index (χ0n) is 10.9. The maximum atomic E-state index is 11.0. The summed E-state index contributed by atoms with van der Waals surface area (Å²) in [6.07, 6.45) is 1.70. The second-order valence-corrected chi connectivity index (χ2v) is 4.70. The molecule has 0 amide bonds. The number of pyridine rings is 1. The van der Waals surface area contributed by atoms with E-state index in [1.807, 2.05) is 31.2 Å². The van der Waals surface area contributed by atoms with E-state index in [2.05, 4.69) is 10.1 Å². The zero-order valence-corrected chi connectivity index (χ0v) is 10.9. The lowest BCUT2D eigenvalue weighted by molar-refractivity contribution is 0.0691. The number of aryl methyl sites for hydroxylation is 1. The van der Waals surface area contributed by atoms with Crippen molar-refractivity contribution in [1.29, 1.82) is 0 Å².